The maximum atomic E-state index is 12.2. The number of rotatable bonds is 5. The Morgan fingerprint density at radius 2 is 2.26 bits per heavy atom. The minimum absolute atomic E-state index is 0.0104. The van der Waals surface area contributed by atoms with Gasteiger partial charge in [-0.05, 0) is 43.2 Å². The molecule has 0 aromatic heterocycles. The lowest BCUT2D eigenvalue weighted by Gasteiger charge is -2.24. The zero-order valence-electron chi connectivity index (χ0n) is 11.6. The van der Waals surface area contributed by atoms with Crippen LogP contribution in [0.4, 0.5) is 0 Å². The van der Waals surface area contributed by atoms with E-state index in [1.165, 1.54) is 11.1 Å². The van der Waals surface area contributed by atoms with Crippen LogP contribution in [0.3, 0.4) is 0 Å². The molecule has 104 valence electrons. The van der Waals surface area contributed by atoms with E-state index in [1.54, 1.807) is 0 Å². The quantitative estimate of drug-likeness (QED) is 0.855. The van der Waals surface area contributed by atoms with Crippen LogP contribution in [0.5, 0.6) is 0 Å². The molecule has 1 aliphatic rings. The summed E-state index contributed by atoms with van der Waals surface area (Å²) in [5.41, 5.74) is 2.49. The molecule has 0 bridgehead atoms. The van der Waals surface area contributed by atoms with Crippen LogP contribution in [0.2, 0.25) is 0 Å². The molecular formula is C16H23NO2. The Morgan fingerprint density at radius 1 is 1.47 bits per heavy atom. The van der Waals surface area contributed by atoms with Crippen LogP contribution < -0.4 is 5.32 Å². The first-order chi connectivity index (χ1) is 9.22. The monoisotopic (exact) mass is 261 g/mol. The second kappa shape index (κ2) is 6.71. The summed E-state index contributed by atoms with van der Waals surface area (Å²) < 4.78 is 0. The highest BCUT2D eigenvalue weighted by molar-refractivity contribution is 5.84. The van der Waals surface area contributed by atoms with Gasteiger partial charge in [0.2, 0.25) is 5.91 Å². The van der Waals surface area contributed by atoms with Gasteiger partial charge in [0.15, 0.2) is 0 Å². The molecule has 2 atom stereocenters. The number of aliphatic hydroxyl groups excluding tert-OH is 1. The molecule has 3 nitrogen and oxygen atoms in total. The number of fused-ring (bicyclic) bond motifs is 1. The van der Waals surface area contributed by atoms with Gasteiger partial charge >= 0.3 is 0 Å². The number of carbonyl (C=O) groups is 1. The van der Waals surface area contributed by atoms with Crippen molar-refractivity contribution in [2.75, 3.05) is 6.54 Å². The van der Waals surface area contributed by atoms with E-state index in [0.717, 1.165) is 25.7 Å². The Bertz CT molecular complexity index is 431. The minimum Gasteiger partial charge on any atom is -0.393 e. The summed E-state index contributed by atoms with van der Waals surface area (Å²) in [6, 6.07) is 8.23. The van der Waals surface area contributed by atoms with Gasteiger partial charge in [0.25, 0.3) is 0 Å². The lowest BCUT2D eigenvalue weighted by molar-refractivity contribution is -0.122. The van der Waals surface area contributed by atoms with Crippen molar-refractivity contribution in [3.8, 4) is 0 Å². The molecule has 1 aromatic rings. The van der Waals surface area contributed by atoms with Crippen molar-refractivity contribution in [3.63, 3.8) is 0 Å². The van der Waals surface area contributed by atoms with Gasteiger partial charge < -0.3 is 10.4 Å². The number of carbonyl (C=O) groups excluding carboxylic acids is 1. The van der Waals surface area contributed by atoms with E-state index in [0.29, 0.717) is 13.0 Å². The summed E-state index contributed by atoms with van der Waals surface area (Å²) in [7, 11) is 0. The second-order valence-electron chi connectivity index (χ2n) is 5.29. The molecule has 0 saturated heterocycles. The van der Waals surface area contributed by atoms with Crippen LogP contribution >= 0.6 is 0 Å². The van der Waals surface area contributed by atoms with E-state index >= 15 is 0 Å². The zero-order chi connectivity index (χ0) is 13.7. The molecule has 1 aliphatic carbocycles. The molecule has 2 N–H and O–H groups in total. The Balaban J connectivity index is 1.93. The fourth-order valence-electron chi connectivity index (χ4n) is 2.72. The van der Waals surface area contributed by atoms with Gasteiger partial charge in [-0.25, -0.2) is 0 Å². The summed E-state index contributed by atoms with van der Waals surface area (Å²) in [6.07, 6.45) is 4.15. The van der Waals surface area contributed by atoms with Crippen molar-refractivity contribution in [1.82, 2.24) is 5.32 Å². The maximum Gasteiger partial charge on any atom is 0.227 e. The molecule has 1 amide bonds. The third kappa shape index (κ3) is 3.57. The van der Waals surface area contributed by atoms with E-state index in [4.69, 9.17) is 0 Å². The molecule has 0 aliphatic heterocycles. The standard InChI is InChI=1S/C16H23NO2/c1-2-13(18)10-11-17-16(19)15-9-5-7-12-6-3-4-8-14(12)15/h3-4,6,8,13,15,18H,2,5,7,9-11H2,1H3,(H,17,19). The van der Waals surface area contributed by atoms with E-state index < -0.39 is 0 Å². The highest BCUT2D eigenvalue weighted by Gasteiger charge is 2.25. The molecule has 1 aromatic carbocycles. The third-order valence-corrected chi connectivity index (χ3v) is 3.93. The van der Waals surface area contributed by atoms with Crippen LogP contribution in [0.15, 0.2) is 24.3 Å². The fourth-order valence-corrected chi connectivity index (χ4v) is 2.72. The van der Waals surface area contributed by atoms with Crippen molar-refractivity contribution < 1.29 is 9.90 Å². The number of aryl methyl sites for hydroxylation is 1. The normalized spacial score (nSPS) is 19.6. The molecule has 3 heteroatoms. The average Bonchev–Trinajstić information content (AvgIpc) is 2.46. The molecule has 19 heavy (non-hydrogen) atoms. The first kappa shape index (κ1) is 14.1. The maximum absolute atomic E-state index is 12.2. The number of hydrogen-bond donors (Lipinski definition) is 2. The summed E-state index contributed by atoms with van der Waals surface area (Å²) >= 11 is 0. The van der Waals surface area contributed by atoms with Crippen molar-refractivity contribution in [3.05, 3.63) is 35.4 Å². The third-order valence-electron chi connectivity index (χ3n) is 3.93. The van der Waals surface area contributed by atoms with Gasteiger partial charge in [-0.15, -0.1) is 0 Å². The average molecular weight is 261 g/mol. The molecular weight excluding hydrogens is 238 g/mol. The SMILES string of the molecule is CCC(O)CCNC(=O)C1CCCc2ccccc21. The van der Waals surface area contributed by atoms with Gasteiger partial charge in [-0.2, -0.15) is 0 Å². The summed E-state index contributed by atoms with van der Waals surface area (Å²) in [5.74, 6) is 0.0965. The van der Waals surface area contributed by atoms with Gasteiger partial charge in [-0.1, -0.05) is 31.2 Å². The zero-order valence-corrected chi connectivity index (χ0v) is 11.6. The van der Waals surface area contributed by atoms with Gasteiger partial charge in [0.1, 0.15) is 0 Å². The van der Waals surface area contributed by atoms with Crippen LogP contribution in [-0.2, 0) is 11.2 Å². The topological polar surface area (TPSA) is 49.3 Å². The van der Waals surface area contributed by atoms with Crippen LogP contribution in [0, 0.1) is 0 Å². The molecule has 0 heterocycles. The first-order valence-corrected chi connectivity index (χ1v) is 7.26. The van der Waals surface area contributed by atoms with E-state index in [9.17, 15) is 9.90 Å². The highest BCUT2D eigenvalue weighted by Crippen LogP contribution is 2.31. The van der Waals surface area contributed by atoms with Crippen LogP contribution in [0.1, 0.15) is 49.7 Å². The van der Waals surface area contributed by atoms with Gasteiger partial charge in [0, 0.05) is 6.54 Å². The first-order valence-electron chi connectivity index (χ1n) is 7.26. The van der Waals surface area contributed by atoms with Crippen LogP contribution in [-0.4, -0.2) is 23.7 Å². The summed E-state index contributed by atoms with van der Waals surface area (Å²) in [5, 5.41) is 12.4. The second-order valence-corrected chi connectivity index (χ2v) is 5.29. The van der Waals surface area contributed by atoms with Crippen molar-refractivity contribution in [1.29, 1.82) is 0 Å². The van der Waals surface area contributed by atoms with Gasteiger partial charge in [-0.3, -0.25) is 4.79 Å². The molecule has 0 fully saturated rings. The summed E-state index contributed by atoms with van der Waals surface area (Å²) in [6.45, 7) is 2.51. The number of aliphatic hydroxyl groups is 1. The predicted molar refractivity (Wildman–Crippen MR) is 76.0 cm³/mol. The molecule has 0 spiro atoms. The minimum atomic E-state index is -0.307. The number of benzene rings is 1. The molecule has 0 radical (unpaired) electrons. The van der Waals surface area contributed by atoms with Crippen molar-refractivity contribution in [2.24, 2.45) is 0 Å². The van der Waals surface area contributed by atoms with E-state index in [2.05, 4.69) is 17.4 Å². The number of amides is 1. The predicted octanol–water partition coefficient (Wildman–Crippen LogP) is 2.38. The molecule has 0 saturated carbocycles. The summed E-state index contributed by atoms with van der Waals surface area (Å²) in [4.78, 5) is 12.2. The van der Waals surface area contributed by atoms with Crippen molar-refractivity contribution >= 4 is 5.91 Å². The largest absolute Gasteiger partial charge is 0.393 e. The number of hydrogen-bond acceptors (Lipinski definition) is 2. The smallest absolute Gasteiger partial charge is 0.227 e. The lowest BCUT2D eigenvalue weighted by atomic mass is 9.82. The Labute approximate surface area is 115 Å². The van der Waals surface area contributed by atoms with E-state index in [1.807, 2.05) is 19.1 Å². The van der Waals surface area contributed by atoms with Gasteiger partial charge in [0.05, 0.1) is 12.0 Å². The highest BCUT2D eigenvalue weighted by atomic mass is 16.3. The van der Waals surface area contributed by atoms with Crippen LogP contribution in [0.25, 0.3) is 0 Å². The van der Waals surface area contributed by atoms with E-state index in [-0.39, 0.29) is 17.9 Å². The lowest BCUT2D eigenvalue weighted by Crippen LogP contribution is -2.33. The number of nitrogens with one attached hydrogen (secondary N) is 1. The molecule has 2 unspecified atom stereocenters. The Kier molecular flexibility index (Phi) is 4.97. The Morgan fingerprint density at radius 3 is 3.05 bits per heavy atom. The van der Waals surface area contributed by atoms with Crippen molar-refractivity contribution in [2.45, 2.75) is 51.0 Å². The Hall–Kier alpha value is -1.35. The fraction of sp³-hybridized carbons (Fsp3) is 0.562. The molecule has 2 rings (SSSR count).